The number of para-hydroxylation sites is 1. The number of amides is 2. The standard InChI is InChI=1S/C19H15Cl2NO3S/c1-11-4-2-3-5-15(11)22-18(24)16(17(19(22)25)26-9-8-23)13-7-6-12(20)10-14(13)21/h2-7,10,23H,8-9H2,1H3. The Bertz CT molecular complexity index is 927. The molecule has 0 fully saturated rings. The summed E-state index contributed by atoms with van der Waals surface area (Å²) in [6.45, 7) is 1.73. The first kappa shape index (κ1) is 19.0. The number of hydrogen-bond donors (Lipinski definition) is 1. The Balaban J connectivity index is 2.14. The first-order valence-electron chi connectivity index (χ1n) is 7.83. The summed E-state index contributed by atoms with van der Waals surface area (Å²) in [5.74, 6) is -0.553. The maximum absolute atomic E-state index is 13.2. The minimum absolute atomic E-state index is 0.109. The fourth-order valence-electron chi connectivity index (χ4n) is 2.75. The molecule has 0 bridgehead atoms. The van der Waals surface area contributed by atoms with E-state index in [-0.39, 0.29) is 17.1 Å². The molecule has 0 atom stereocenters. The lowest BCUT2D eigenvalue weighted by Gasteiger charge is -2.17. The van der Waals surface area contributed by atoms with Crippen molar-refractivity contribution in [3.63, 3.8) is 0 Å². The van der Waals surface area contributed by atoms with Crippen LogP contribution in [0.4, 0.5) is 5.69 Å². The van der Waals surface area contributed by atoms with E-state index in [0.717, 1.165) is 22.2 Å². The number of anilines is 1. The van der Waals surface area contributed by atoms with Crippen molar-refractivity contribution in [3.05, 3.63) is 68.5 Å². The molecule has 3 rings (SSSR count). The van der Waals surface area contributed by atoms with Gasteiger partial charge in [-0.3, -0.25) is 9.59 Å². The highest BCUT2D eigenvalue weighted by atomic mass is 35.5. The van der Waals surface area contributed by atoms with Crippen LogP contribution in [-0.4, -0.2) is 29.3 Å². The lowest BCUT2D eigenvalue weighted by Crippen LogP contribution is -2.32. The highest BCUT2D eigenvalue weighted by Crippen LogP contribution is 2.41. The van der Waals surface area contributed by atoms with Gasteiger partial charge in [0.15, 0.2) is 0 Å². The number of aliphatic hydroxyl groups is 1. The predicted octanol–water partition coefficient (Wildman–Crippen LogP) is 4.31. The molecule has 0 aromatic heterocycles. The van der Waals surface area contributed by atoms with Crippen molar-refractivity contribution in [3.8, 4) is 0 Å². The van der Waals surface area contributed by atoms with Crippen molar-refractivity contribution >= 4 is 58.0 Å². The summed E-state index contributed by atoms with van der Waals surface area (Å²) >= 11 is 13.4. The third-order valence-corrected chi connectivity index (χ3v) is 5.54. The minimum atomic E-state index is -0.436. The quantitative estimate of drug-likeness (QED) is 0.750. The number of imide groups is 1. The number of thioether (sulfide) groups is 1. The van der Waals surface area contributed by atoms with Crippen molar-refractivity contribution in [2.45, 2.75) is 6.92 Å². The molecular formula is C19H15Cl2NO3S. The van der Waals surface area contributed by atoms with Crippen molar-refractivity contribution in [2.75, 3.05) is 17.3 Å². The molecule has 1 N–H and O–H groups in total. The molecule has 0 aliphatic carbocycles. The number of halogens is 2. The largest absolute Gasteiger partial charge is 0.396 e. The molecule has 1 aliphatic rings. The van der Waals surface area contributed by atoms with E-state index in [1.165, 1.54) is 6.07 Å². The first-order chi connectivity index (χ1) is 12.5. The number of carbonyl (C=O) groups excluding carboxylic acids is 2. The van der Waals surface area contributed by atoms with Gasteiger partial charge in [-0.2, -0.15) is 0 Å². The molecule has 4 nitrogen and oxygen atoms in total. The van der Waals surface area contributed by atoms with Crippen LogP contribution in [0.2, 0.25) is 10.0 Å². The number of benzene rings is 2. The Morgan fingerprint density at radius 2 is 1.81 bits per heavy atom. The summed E-state index contributed by atoms with van der Waals surface area (Å²) in [6.07, 6.45) is 0. The molecule has 134 valence electrons. The van der Waals surface area contributed by atoms with Crippen LogP contribution in [0.5, 0.6) is 0 Å². The summed E-state index contributed by atoms with van der Waals surface area (Å²) in [5, 5.41) is 9.89. The molecule has 26 heavy (non-hydrogen) atoms. The number of aryl methyl sites for hydroxylation is 1. The normalized spacial score (nSPS) is 14.5. The first-order valence-corrected chi connectivity index (χ1v) is 9.57. The number of carbonyl (C=O) groups is 2. The lowest BCUT2D eigenvalue weighted by molar-refractivity contribution is -0.119. The molecular weight excluding hydrogens is 393 g/mol. The lowest BCUT2D eigenvalue weighted by atomic mass is 10.1. The van der Waals surface area contributed by atoms with Gasteiger partial charge in [0.1, 0.15) is 0 Å². The molecule has 0 saturated carbocycles. The average molecular weight is 408 g/mol. The van der Waals surface area contributed by atoms with Crippen molar-refractivity contribution < 1.29 is 14.7 Å². The van der Waals surface area contributed by atoms with E-state index in [1.807, 2.05) is 19.1 Å². The molecule has 2 aromatic carbocycles. The molecule has 1 aliphatic heterocycles. The zero-order valence-electron chi connectivity index (χ0n) is 13.8. The molecule has 0 spiro atoms. The van der Waals surface area contributed by atoms with Gasteiger partial charge in [0.25, 0.3) is 11.8 Å². The molecule has 7 heteroatoms. The number of rotatable bonds is 5. The Morgan fingerprint density at radius 1 is 1.08 bits per heavy atom. The third kappa shape index (κ3) is 3.40. The van der Waals surface area contributed by atoms with Crippen molar-refractivity contribution in [1.29, 1.82) is 0 Å². The van der Waals surface area contributed by atoms with Gasteiger partial charge in [0.05, 0.1) is 27.8 Å². The second-order valence-electron chi connectivity index (χ2n) is 5.63. The van der Waals surface area contributed by atoms with Gasteiger partial charge < -0.3 is 5.11 Å². The summed E-state index contributed by atoms with van der Waals surface area (Å²) in [4.78, 5) is 27.6. The van der Waals surface area contributed by atoms with E-state index in [9.17, 15) is 9.59 Å². The SMILES string of the molecule is Cc1ccccc1N1C(=O)C(SCCO)=C(c2ccc(Cl)cc2Cl)C1=O. The Kier molecular flexibility index (Phi) is 5.73. The maximum atomic E-state index is 13.2. The molecule has 0 saturated heterocycles. The summed E-state index contributed by atoms with van der Waals surface area (Å²) < 4.78 is 0. The monoisotopic (exact) mass is 407 g/mol. The van der Waals surface area contributed by atoms with Crippen LogP contribution in [0, 0.1) is 6.92 Å². The molecule has 0 unspecified atom stereocenters. The van der Waals surface area contributed by atoms with Crippen LogP contribution in [0.15, 0.2) is 47.4 Å². The smallest absolute Gasteiger partial charge is 0.272 e. The third-order valence-electron chi connectivity index (χ3n) is 3.94. The molecule has 1 heterocycles. The maximum Gasteiger partial charge on any atom is 0.272 e. The van der Waals surface area contributed by atoms with E-state index in [1.54, 1.807) is 24.3 Å². The number of hydrogen-bond acceptors (Lipinski definition) is 4. The van der Waals surface area contributed by atoms with E-state index in [2.05, 4.69) is 0 Å². The molecule has 0 radical (unpaired) electrons. The van der Waals surface area contributed by atoms with Crippen LogP contribution < -0.4 is 4.90 Å². The Morgan fingerprint density at radius 3 is 2.46 bits per heavy atom. The number of nitrogens with zero attached hydrogens (tertiary/aromatic N) is 1. The summed E-state index contributed by atoms with van der Waals surface area (Å²) in [6, 6.07) is 12.0. The van der Waals surface area contributed by atoms with E-state index >= 15 is 0 Å². The van der Waals surface area contributed by atoms with Crippen LogP contribution in [-0.2, 0) is 9.59 Å². The van der Waals surface area contributed by atoms with Crippen LogP contribution in [0.1, 0.15) is 11.1 Å². The van der Waals surface area contributed by atoms with Crippen LogP contribution >= 0.6 is 35.0 Å². The zero-order valence-corrected chi connectivity index (χ0v) is 16.2. The van der Waals surface area contributed by atoms with E-state index < -0.39 is 11.8 Å². The van der Waals surface area contributed by atoms with Gasteiger partial charge >= 0.3 is 0 Å². The second-order valence-corrected chi connectivity index (χ2v) is 7.58. The summed E-state index contributed by atoms with van der Waals surface area (Å²) in [5.41, 5.74) is 2.03. The summed E-state index contributed by atoms with van der Waals surface area (Å²) in [7, 11) is 0. The molecule has 2 amide bonds. The van der Waals surface area contributed by atoms with Gasteiger partial charge in [0, 0.05) is 16.3 Å². The number of aliphatic hydroxyl groups excluding tert-OH is 1. The van der Waals surface area contributed by atoms with E-state index in [0.29, 0.717) is 27.0 Å². The molecule has 2 aromatic rings. The van der Waals surface area contributed by atoms with Gasteiger partial charge in [-0.1, -0.05) is 47.5 Å². The average Bonchev–Trinajstić information content (AvgIpc) is 2.84. The van der Waals surface area contributed by atoms with Gasteiger partial charge in [-0.25, -0.2) is 4.90 Å². The Labute approximate surface area is 165 Å². The zero-order chi connectivity index (χ0) is 18.8. The second kappa shape index (κ2) is 7.84. The van der Waals surface area contributed by atoms with Crippen molar-refractivity contribution in [2.24, 2.45) is 0 Å². The topological polar surface area (TPSA) is 57.6 Å². The predicted molar refractivity (Wildman–Crippen MR) is 107 cm³/mol. The van der Waals surface area contributed by atoms with Crippen molar-refractivity contribution in [1.82, 2.24) is 0 Å². The van der Waals surface area contributed by atoms with Crippen LogP contribution in [0.25, 0.3) is 5.57 Å². The Hall–Kier alpha value is -1.79. The van der Waals surface area contributed by atoms with Gasteiger partial charge in [-0.15, -0.1) is 11.8 Å². The fourth-order valence-corrected chi connectivity index (χ4v) is 4.11. The highest BCUT2D eigenvalue weighted by molar-refractivity contribution is 8.04. The van der Waals surface area contributed by atoms with Gasteiger partial charge in [0.2, 0.25) is 0 Å². The van der Waals surface area contributed by atoms with Gasteiger partial charge in [-0.05, 0) is 30.7 Å². The highest BCUT2D eigenvalue weighted by Gasteiger charge is 2.41. The fraction of sp³-hybridized carbons (Fsp3) is 0.158. The van der Waals surface area contributed by atoms with E-state index in [4.69, 9.17) is 28.3 Å². The van der Waals surface area contributed by atoms with Crippen LogP contribution in [0.3, 0.4) is 0 Å². The minimum Gasteiger partial charge on any atom is -0.396 e.